The van der Waals surface area contributed by atoms with E-state index in [0.717, 1.165) is 0 Å². The summed E-state index contributed by atoms with van der Waals surface area (Å²) in [7, 11) is 0. The summed E-state index contributed by atoms with van der Waals surface area (Å²) in [6.45, 7) is 2.76. The minimum absolute atomic E-state index is 0.747. The molecule has 0 rings (SSSR count). The second-order valence-electron chi connectivity index (χ2n) is 1.30. The highest BCUT2D eigenvalue weighted by Gasteiger charge is 2.38. The molecule has 0 aromatic carbocycles. The van der Waals surface area contributed by atoms with E-state index in [9.17, 15) is 17.6 Å². The Hall–Kier alpha value is -0.280. The predicted octanol–water partition coefficient (Wildman–Crippen LogP) is 2.11. The minimum Gasteiger partial charge on any atom is -0.237 e. The molecule has 0 saturated carbocycles. The van der Waals surface area contributed by atoms with Gasteiger partial charge in [0.1, 0.15) is 0 Å². The van der Waals surface area contributed by atoms with Crippen molar-refractivity contribution in [1.29, 1.82) is 0 Å². The zero-order valence-electron chi connectivity index (χ0n) is 4.00. The second-order valence-corrected chi connectivity index (χ2v) is 1.30. The topological polar surface area (TPSA) is 0 Å². The Morgan fingerprint density at radius 1 is 1.38 bits per heavy atom. The molecule has 0 N–H and O–H groups in total. The number of hydrogen-bond donors (Lipinski definition) is 0. The molecule has 1 atom stereocenters. The van der Waals surface area contributed by atoms with Gasteiger partial charge in [-0.1, -0.05) is 6.92 Å². The van der Waals surface area contributed by atoms with Crippen LogP contribution in [0.2, 0.25) is 0 Å². The van der Waals surface area contributed by atoms with Gasteiger partial charge in [-0.15, -0.1) is 0 Å². The highest BCUT2D eigenvalue weighted by atomic mass is 19.4. The monoisotopic (exact) mass is 129 g/mol. The predicted molar refractivity (Wildman–Crippen MR) is 20.9 cm³/mol. The van der Waals surface area contributed by atoms with E-state index < -0.39 is 18.8 Å². The summed E-state index contributed by atoms with van der Waals surface area (Å²) in [5.74, 6) is 0. The van der Waals surface area contributed by atoms with E-state index in [2.05, 4.69) is 6.92 Å². The molecule has 0 aromatic rings. The molecule has 49 valence electrons. The molecule has 0 spiro atoms. The van der Waals surface area contributed by atoms with Crippen molar-refractivity contribution in [3.8, 4) is 0 Å². The molecule has 0 heterocycles. The van der Waals surface area contributed by atoms with Gasteiger partial charge in [-0.2, -0.15) is 13.2 Å². The summed E-state index contributed by atoms with van der Waals surface area (Å²) < 4.78 is 44.6. The number of rotatable bonds is 1. The van der Waals surface area contributed by atoms with Gasteiger partial charge in [0.25, 0.3) is 0 Å². The molecule has 0 bridgehead atoms. The normalized spacial score (nSPS) is 16.1. The van der Waals surface area contributed by atoms with Crippen LogP contribution in [0.5, 0.6) is 0 Å². The van der Waals surface area contributed by atoms with Crippen LogP contribution in [-0.4, -0.2) is 12.3 Å². The lowest BCUT2D eigenvalue weighted by atomic mass is 10.3. The summed E-state index contributed by atoms with van der Waals surface area (Å²) in [6.07, 6.45) is -8.23. The Balaban J connectivity index is 3.62. The molecule has 0 amide bonds. The van der Waals surface area contributed by atoms with E-state index in [1.165, 1.54) is 0 Å². The fraction of sp³-hybridized carbons (Fsp3) is 0.750. The molecular weight excluding hydrogens is 124 g/mol. The lowest BCUT2D eigenvalue weighted by Crippen LogP contribution is -2.22. The summed E-state index contributed by atoms with van der Waals surface area (Å²) in [5, 5.41) is 0. The second kappa shape index (κ2) is 2.33. The lowest BCUT2D eigenvalue weighted by molar-refractivity contribution is -0.179. The first-order valence-corrected chi connectivity index (χ1v) is 1.98. The van der Waals surface area contributed by atoms with Gasteiger partial charge in [-0.3, -0.25) is 0 Å². The van der Waals surface area contributed by atoms with Gasteiger partial charge in [-0.25, -0.2) is 4.39 Å². The Labute approximate surface area is 44.5 Å². The van der Waals surface area contributed by atoms with Crippen molar-refractivity contribution in [2.75, 3.05) is 0 Å². The molecule has 0 saturated heterocycles. The molecule has 8 heavy (non-hydrogen) atoms. The van der Waals surface area contributed by atoms with Gasteiger partial charge < -0.3 is 0 Å². The Kier molecular flexibility index (Phi) is 2.25. The van der Waals surface area contributed by atoms with Gasteiger partial charge in [-0.05, 0) is 6.42 Å². The summed E-state index contributed by atoms with van der Waals surface area (Å²) in [5.41, 5.74) is 0. The first-order valence-electron chi connectivity index (χ1n) is 1.98. The smallest absolute Gasteiger partial charge is 0.237 e. The van der Waals surface area contributed by atoms with Crippen LogP contribution in [0.25, 0.3) is 0 Å². The molecule has 4 heteroatoms. The maximum Gasteiger partial charge on any atom is 0.419 e. The van der Waals surface area contributed by atoms with E-state index in [4.69, 9.17) is 0 Å². The third kappa shape index (κ3) is 2.14. The van der Waals surface area contributed by atoms with Gasteiger partial charge in [0.2, 0.25) is 0 Å². The first-order chi connectivity index (χ1) is 3.48. The number of hydrogen-bond acceptors (Lipinski definition) is 0. The van der Waals surface area contributed by atoms with E-state index in [1.54, 1.807) is 0 Å². The molecule has 0 aliphatic carbocycles. The van der Waals surface area contributed by atoms with Crippen molar-refractivity contribution in [1.82, 2.24) is 0 Å². The zero-order chi connectivity index (χ0) is 6.78. The lowest BCUT2D eigenvalue weighted by Gasteiger charge is -2.07. The highest BCUT2D eigenvalue weighted by Crippen LogP contribution is 2.24. The minimum atomic E-state index is -4.72. The average molecular weight is 129 g/mol. The summed E-state index contributed by atoms with van der Waals surface area (Å²) in [4.78, 5) is 0. The maximum atomic E-state index is 11.5. The zero-order valence-corrected chi connectivity index (χ0v) is 4.00. The van der Waals surface area contributed by atoms with Crippen LogP contribution in [0.4, 0.5) is 17.6 Å². The van der Waals surface area contributed by atoms with Crippen LogP contribution in [0.1, 0.15) is 6.42 Å². The molecule has 0 aliphatic rings. The van der Waals surface area contributed by atoms with E-state index in [-0.39, 0.29) is 0 Å². The summed E-state index contributed by atoms with van der Waals surface area (Å²) in [6, 6.07) is 0. The Bertz CT molecular complexity index is 64.9. The van der Waals surface area contributed by atoms with Crippen LogP contribution in [0.15, 0.2) is 0 Å². The fourth-order valence-corrected chi connectivity index (χ4v) is 0.164. The standard InChI is InChI=1S/C4H5F4/c1-2-3(5)4(6,7)8/h3H,1-2H2/t3-/m0/s1. The molecule has 0 aromatic heterocycles. The van der Waals surface area contributed by atoms with Crippen LogP contribution in [-0.2, 0) is 0 Å². The summed E-state index contributed by atoms with van der Waals surface area (Å²) >= 11 is 0. The average Bonchev–Trinajstić information content (AvgIpc) is 1.62. The Morgan fingerprint density at radius 2 is 1.75 bits per heavy atom. The maximum absolute atomic E-state index is 11.5. The van der Waals surface area contributed by atoms with Crippen LogP contribution < -0.4 is 0 Å². The van der Waals surface area contributed by atoms with Crippen LogP contribution in [0, 0.1) is 6.92 Å². The van der Waals surface area contributed by atoms with E-state index in [1.807, 2.05) is 0 Å². The molecule has 0 aliphatic heterocycles. The Morgan fingerprint density at radius 3 is 1.75 bits per heavy atom. The van der Waals surface area contributed by atoms with Crippen molar-refractivity contribution >= 4 is 0 Å². The van der Waals surface area contributed by atoms with E-state index in [0.29, 0.717) is 0 Å². The SMILES string of the molecule is [CH2]C[C@H](F)C(F)(F)F. The number of halogens is 4. The molecule has 0 fully saturated rings. The number of alkyl halides is 4. The highest BCUT2D eigenvalue weighted by molar-refractivity contribution is 4.65. The van der Waals surface area contributed by atoms with Gasteiger partial charge in [0, 0.05) is 0 Å². The molecular formula is C4H5F4. The first kappa shape index (κ1) is 7.72. The molecule has 0 nitrogen and oxygen atoms in total. The van der Waals surface area contributed by atoms with E-state index >= 15 is 0 Å². The quantitative estimate of drug-likeness (QED) is 0.475. The largest absolute Gasteiger partial charge is 0.419 e. The van der Waals surface area contributed by atoms with Crippen LogP contribution >= 0.6 is 0 Å². The van der Waals surface area contributed by atoms with Crippen molar-refractivity contribution in [2.24, 2.45) is 0 Å². The van der Waals surface area contributed by atoms with Gasteiger partial charge in [0.05, 0.1) is 0 Å². The fourth-order valence-electron chi connectivity index (χ4n) is 0.164. The van der Waals surface area contributed by atoms with Gasteiger partial charge in [0.15, 0.2) is 6.17 Å². The van der Waals surface area contributed by atoms with Crippen LogP contribution in [0.3, 0.4) is 0 Å². The van der Waals surface area contributed by atoms with Crippen molar-refractivity contribution < 1.29 is 17.6 Å². The third-order valence-corrected chi connectivity index (χ3v) is 0.609. The van der Waals surface area contributed by atoms with Gasteiger partial charge >= 0.3 is 6.18 Å². The van der Waals surface area contributed by atoms with Crippen molar-refractivity contribution in [3.05, 3.63) is 6.92 Å². The van der Waals surface area contributed by atoms with Crippen molar-refractivity contribution in [2.45, 2.75) is 18.8 Å². The molecule has 0 unspecified atom stereocenters. The van der Waals surface area contributed by atoms with Crippen molar-refractivity contribution in [3.63, 3.8) is 0 Å². The molecule has 1 radical (unpaired) electrons. The third-order valence-electron chi connectivity index (χ3n) is 0.609.